The Bertz CT molecular complexity index is 491. The van der Waals surface area contributed by atoms with Gasteiger partial charge in [-0.2, -0.15) is 0 Å². The van der Waals surface area contributed by atoms with Crippen molar-refractivity contribution in [1.82, 2.24) is 15.3 Å². The van der Waals surface area contributed by atoms with Gasteiger partial charge in [-0.1, -0.05) is 13.8 Å². The van der Waals surface area contributed by atoms with Crippen molar-refractivity contribution in [3.8, 4) is 0 Å². The molecule has 0 radical (unpaired) electrons. The Kier molecular flexibility index (Phi) is 4.44. The number of hydrogen-bond donors (Lipinski definition) is 1. The molecule has 0 saturated heterocycles. The summed E-state index contributed by atoms with van der Waals surface area (Å²) in [7, 11) is 1.98. The molecule has 0 aliphatic carbocycles. The predicted octanol–water partition coefficient (Wildman–Crippen LogP) is 2.97. The Morgan fingerprint density at radius 1 is 1.28 bits per heavy atom. The lowest BCUT2D eigenvalue weighted by molar-refractivity contribution is 0.768. The molecule has 18 heavy (non-hydrogen) atoms. The summed E-state index contributed by atoms with van der Waals surface area (Å²) in [6.45, 7) is 5.30. The molecule has 0 atom stereocenters. The van der Waals surface area contributed by atoms with E-state index in [9.17, 15) is 0 Å². The van der Waals surface area contributed by atoms with Gasteiger partial charge in [-0.15, -0.1) is 11.3 Å². The molecule has 0 aliphatic rings. The third-order valence-corrected chi connectivity index (χ3v) is 3.83. The maximum Gasteiger partial charge on any atom is 0.0975 e. The van der Waals surface area contributed by atoms with Crippen molar-refractivity contribution in [3.63, 3.8) is 0 Å². The first-order valence-electron chi connectivity index (χ1n) is 6.22. The summed E-state index contributed by atoms with van der Waals surface area (Å²) in [6.07, 6.45) is 4.57. The van der Waals surface area contributed by atoms with E-state index in [1.54, 1.807) is 0 Å². The fourth-order valence-corrected chi connectivity index (χ4v) is 3.17. The summed E-state index contributed by atoms with van der Waals surface area (Å²) in [5.74, 6) is 0.482. The number of rotatable bonds is 5. The maximum absolute atomic E-state index is 4.78. The van der Waals surface area contributed by atoms with Crippen LogP contribution in [0.4, 0.5) is 0 Å². The Labute approximate surface area is 112 Å². The Morgan fingerprint density at radius 2 is 2.00 bits per heavy atom. The van der Waals surface area contributed by atoms with Gasteiger partial charge in [0.1, 0.15) is 0 Å². The van der Waals surface area contributed by atoms with Crippen molar-refractivity contribution in [1.29, 1.82) is 0 Å². The monoisotopic (exact) mass is 261 g/mol. The average Bonchev–Trinajstić information content (AvgIpc) is 2.74. The van der Waals surface area contributed by atoms with E-state index in [-0.39, 0.29) is 0 Å². The minimum atomic E-state index is 0.482. The number of nitrogens with one attached hydrogen (secondary N) is 1. The van der Waals surface area contributed by atoms with Crippen LogP contribution >= 0.6 is 11.3 Å². The van der Waals surface area contributed by atoms with Crippen LogP contribution in [0.15, 0.2) is 24.5 Å². The van der Waals surface area contributed by atoms with Crippen molar-refractivity contribution in [3.05, 3.63) is 45.7 Å². The highest BCUT2D eigenvalue weighted by molar-refractivity contribution is 7.11. The standard InChI is InChI=1S/C14H19N3S/c1-10(2)14-12(9-15-3)18-13(17-14)8-11-4-6-16-7-5-11/h4-7,10,15H,8-9H2,1-3H3. The van der Waals surface area contributed by atoms with Crippen molar-refractivity contribution in [2.45, 2.75) is 32.7 Å². The van der Waals surface area contributed by atoms with Crippen LogP contribution in [0, 0.1) is 0 Å². The minimum Gasteiger partial charge on any atom is -0.315 e. The minimum absolute atomic E-state index is 0.482. The van der Waals surface area contributed by atoms with Crippen LogP contribution in [0.25, 0.3) is 0 Å². The first kappa shape index (κ1) is 13.2. The molecule has 0 amide bonds. The van der Waals surface area contributed by atoms with E-state index in [0.717, 1.165) is 13.0 Å². The van der Waals surface area contributed by atoms with Crippen molar-refractivity contribution in [2.75, 3.05) is 7.05 Å². The summed E-state index contributed by atoms with van der Waals surface area (Å²) < 4.78 is 0. The molecule has 0 fully saturated rings. The lowest BCUT2D eigenvalue weighted by Gasteiger charge is -2.03. The molecule has 3 nitrogen and oxygen atoms in total. The Hall–Kier alpha value is -1.26. The quantitative estimate of drug-likeness (QED) is 0.899. The molecule has 2 rings (SSSR count). The molecular weight excluding hydrogens is 242 g/mol. The molecule has 0 aliphatic heterocycles. The highest BCUT2D eigenvalue weighted by Gasteiger charge is 2.13. The zero-order valence-corrected chi connectivity index (χ0v) is 11.9. The molecule has 0 unspecified atom stereocenters. The first-order chi connectivity index (χ1) is 8.70. The van der Waals surface area contributed by atoms with Gasteiger partial charge in [0.25, 0.3) is 0 Å². The van der Waals surface area contributed by atoms with Gasteiger partial charge in [0.2, 0.25) is 0 Å². The van der Waals surface area contributed by atoms with E-state index in [4.69, 9.17) is 4.98 Å². The van der Waals surface area contributed by atoms with E-state index in [1.807, 2.05) is 42.9 Å². The molecule has 96 valence electrons. The van der Waals surface area contributed by atoms with E-state index in [2.05, 4.69) is 24.1 Å². The largest absolute Gasteiger partial charge is 0.315 e. The van der Waals surface area contributed by atoms with Crippen LogP contribution in [0.5, 0.6) is 0 Å². The number of aromatic nitrogens is 2. The second kappa shape index (κ2) is 6.07. The van der Waals surface area contributed by atoms with Crippen molar-refractivity contribution < 1.29 is 0 Å². The number of thiazole rings is 1. The second-order valence-corrected chi connectivity index (χ2v) is 5.80. The van der Waals surface area contributed by atoms with Crippen LogP contribution in [-0.4, -0.2) is 17.0 Å². The average molecular weight is 261 g/mol. The molecule has 0 aromatic carbocycles. The van der Waals surface area contributed by atoms with Crippen LogP contribution in [0.2, 0.25) is 0 Å². The van der Waals surface area contributed by atoms with Crippen LogP contribution in [0.3, 0.4) is 0 Å². The molecule has 0 spiro atoms. The molecule has 2 heterocycles. The van der Waals surface area contributed by atoms with Gasteiger partial charge in [-0.3, -0.25) is 4.98 Å². The molecule has 0 saturated carbocycles. The molecule has 4 heteroatoms. The third-order valence-electron chi connectivity index (χ3n) is 2.76. The SMILES string of the molecule is CNCc1sc(Cc2ccncc2)nc1C(C)C. The summed E-state index contributed by atoms with van der Waals surface area (Å²) in [5.41, 5.74) is 2.50. The maximum atomic E-state index is 4.78. The van der Waals surface area contributed by atoms with E-state index in [0.29, 0.717) is 5.92 Å². The summed E-state index contributed by atoms with van der Waals surface area (Å²) in [4.78, 5) is 10.2. The Balaban J connectivity index is 2.21. The molecule has 2 aromatic rings. The smallest absolute Gasteiger partial charge is 0.0975 e. The van der Waals surface area contributed by atoms with Gasteiger partial charge in [0.05, 0.1) is 10.7 Å². The fourth-order valence-electron chi connectivity index (χ4n) is 1.90. The van der Waals surface area contributed by atoms with E-state index >= 15 is 0 Å². The third kappa shape index (κ3) is 3.15. The van der Waals surface area contributed by atoms with Gasteiger partial charge >= 0.3 is 0 Å². The van der Waals surface area contributed by atoms with Gasteiger partial charge < -0.3 is 5.32 Å². The predicted molar refractivity (Wildman–Crippen MR) is 76.0 cm³/mol. The highest BCUT2D eigenvalue weighted by Crippen LogP contribution is 2.26. The van der Waals surface area contributed by atoms with E-state index < -0.39 is 0 Å². The number of pyridine rings is 1. The van der Waals surface area contributed by atoms with Gasteiger partial charge in [0, 0.05) is 30.2 Å². The molecule has 2 aromatic heterocycles. The van der Waals surface area contributed by atoms with Crippen molar-refractivity contribution in [2.24, 2.45) is 0 Å². The first-order valence-corrected chi connectivity index (χ1v) is 7.04. The van der Waals surface area contributed by atoms with Gasteiger partial charge in [-0.05, 0) is 30.7 Å². The van der Waals surface area contributed by atoms with Crippen LogP contribution < -0.4 is 5.32 Å². The lowest BCUT2D eigenvalue weighted by atomic mass is 10.1. The summed E-state index contributed by atoms with van der Waals surface area (Å²) >= 11 is 1.81. The summed E-state index contributed by atoms with van der Waals surface area (Å²) in [5, 5.41) is 4.41. The van der Waals surface area contributed by atoms with Crippen LogP contribution in [-0.2, 0) is 13.0 Å². The van der Waals surface area contributed by atoms with Crippen LogP contribution in [0.1, 0.15) is 40.9 Å². The van der Waals surface area contributed by atoms with Gasteiger partial charge in [-0.25, -0.2) is 4.98 Å². The highest BCUT2D eigenvalue weighted by atomic mass is 32.1. The normalized spacial score (nSPS) is 11.1. The number of hydrogen-bond acceptors (Lipinski definition) is 4. The number of nitrogens with zero attached hydrogens (tertiary/aromatic N) is 2. The zero-order chi connectivity index (χ0) is 13.0. The lowest BCUT2D eigenvalue weighted by Crippen LogP contribution is -2.06. The summed E-state index contributed by atoms with van der Waals surface area (Å²) in [6, 6.07) is 4.10. The zero-order valence-electron chi connectivity index (χ0n) is 11.1. The fraction of sp³-hybridized carbons (Fsp3) is 0.429. The molecular formula is C14H19N3S. The molecule has 1 N–H and O–H groups in total. The van der Waals surface area contributed by atoms with Gasteiger partial charge in [0.15, 0.2) is 0 Å². The Morgan fingerprint density at radius 3 is 2.61 bits per heavy atom. The second-order valence-electron chi connectivity index (χ2n) is 4.63. The van der Waals surface area contributed by atoms with Crippen molar-refractivity contribution >= 4 is 11.3 Å². The molecule has 0 bridgehead atoms. The van der Waals surface area contributed by atoms with E-state index in [1.165, 1.54) is 21.1 Å². The topological polar surface area (TPSA) is 37.8 Å².